The molecule has 0 heterocycles. The van der Waals surface area contributed by atoms with Crippen molar-refractivity contribution in [2.75, 3.05) is 24.7 Å². The van der Waals surface area contributed by atoms with Crippen LogP contribution in [0.25, 0.3) is 0 Å². The first-order chi connectivity index (χ1) is 7.71. The molecule has 0 fully saturated rings. The van der Waals surface area contributed by atoms with Crippen LogP contribution in [0.2, 0.25) is 0 Å². The molecule has 0 atom stereocenters. The summed E-state index contributed by atoms with van der Waals surface area (Å²) in [4.78, 5) is 0. The molecule has 0 radical (unpaired) electrons. The summed E-state index contributed by atoms with van der Waals surface area (Å²) in [5, 5.41) is 0. The topological polar surface area (TPSA) is 124 Å². The van der Waals surface area contributed by atoms with Gasteiger partial charge in [-0.2, -0.15) is 0 Å². The third-order valence-corrected chi connectivity index (χ3v) is 3.44. The quantitative estimate of drug-likeness (QED) is 0.221. The molecule has 0 aliphatic rings. The molecule has 0 N–H and O–H groups in total. The van der Waals surface area contributed by atoms with Gasteiger partial charge in [-0.3, -0.25) is 0 Å². The van der Waals surface area contributed by atoms with Gasteiger partial charge in [-0.1, -0.05) is 0 Å². The minimum Gasteiger partial charge on any atom is -0.748 e. The zero-order chi connectivity index (χ0) is 13.4. The molecule has 0 saturated carbocycles. The molecule has 0 aliphatic heterocycles. The van der Waals surface area contributed by atoms with E-state index < -0.39 is 31.7 Å². The van der Waals surface area contributed by atoms with Crippen LogP contribution in [-0.4, -0.2) is 50.7 Å². The van der Waals surface area contributed by atoms with Crippen molar-refractivity contribution in [2.45, 2.75) is 25.7 Å². The Kier molecular flexibility index (Phi) is 18.2. The number of hydrogen-bond donors (Lipinski definition) is 0. The first-order valence-electron chi connectivity index (χ1n) is 5.15. The molecule has 0 aromatic heterocycles. The van der Waals surface area contributed by atoms with Gasteiger partial charge in [0.2, 0.25) is 0 Å². The maximum Gasteiger partial charge on any atom is 1.00 e. The van der Waals surface area contributed by atoms with Gasteiger partial charge in [0.25, 0.3) is 0 Å². The zero-order valence-electron chi connectivity index (χ0n) is 11.3. The van der Waals surface area contributed by atoms with E-state index in [0.29, 0.717) is 26.1 Å². The van der Waals surface area contributed by atoms with Crippen LogP contribution in [0.15, 0.2) is 0 Å². The van der Waals surface area contributed by atoms with Gasteiger partial charge in [-0.15, -0.1) is 0 Å². The molecule has 0 amide bonds. The maximum absolute atomic E-state index is 10.2. The van der Waals surface area contributed by atoms with Crippen LogP contribution in [-0.2, 0) is 25.0 Å². The third-order valence-electron chi connectivity index (χ3n) is 1.87. The molecule has 0 saturated heterocycles. The average Bonchev–Trinajstić information content (AvgIpc) is 2.11. The van der Waals surface area contributed by atoms with Crippen molar-refractivity contribution < 1.29 is 89.8 Å². The summed E-state index contributed by atoms with van der Waals surface area (Å²) < 4.78 is 66.4. The standard InChI is InChI=1S/C8H18O7S2.2Na/c9-16(10,11)7-3-1-5-15-6-2-4-8-17(12,13)14;;/h1-8H2,(H,9,10,11)(H,12,13,14);;/q;2*+1/p-2. The first-order valence-corrected chi connectivity index (χ1v) is 8.31. The molecule has 11 heteroatoms. The molecule has 0 aromatic carbocycles. The average molecular weight is 334 g/mol. The monoisotopic (exact) mass is 334 g/mol. The van der Waals surface area contributed by atoms with Gasteiger partial charge in [-0.05, 0) is 25.7 Å². The van der Waals surface area contributed by atoms with Gasteiger partial charge in [-0.25, -0.2) is 16.8 Å². The van der Waals surface area contributed by atoms with E-state index in [9.17, 15) is 25.9 Å². The van der Waals surface area contributed by atoms with Crippen LogP contribution in [0.1, 0.15) is 25.7 Å². The van der Waals surface area contributed by atoms with Crippen molar-refractivity contribution in [1.29, 1.82) is 0 Å². The number of unbranched alkanes of at least 4 members (excludes halogenated alkanes) is 2. The fraction of sp³-hybridized carbons (Fsp3) is 1.00. The largest absolute Gasteiger partial charge is 1.00 e. The van der Waals surface area contributed by atoms with Crippen LogP contribution in [0.4, 0.5) is 0 Å². The Hall–Kier alpha value is 1.78. The van der Waals surface area contributed by atoms with E-state index in [1.54, 1.807) is 0 Å². The Labute approximate surface area is 158 Å². The summed E-state index contributed by atoms with van der Waals surface area (Å²) >= 11 is 0. The number of ether oxygens (including phenoxy) is 1. The van der Waals surface area contributed by atoms with Crippen molar-refractivity contribution in [3.63, 3.8) is 0 Å². The van der Waals surface area contributed by atoms with Crippen molar-refractivity contribution in [3.05, 3.63) is 0 Å². The fourth-order valence-electron chi connectivity index (χ4n) is 1.07. The zero-order valence-corrected chi connectivity index (χ0v) is 17.0. The van der Waals surface area contributed by atoms with E-state index in [4.69, 9.17) is 4.74 Å². The van der Waals surface area contributed by atoms with Crippen LogP contribution in [0, 0.1) is 0 Å². The normalized spacial score (nSPS) is 11.5. The Balaban J connectivity index is -0.00000128. The van der Waals surface area contributed by atoms with Crippen molar-refractivity contribution in [1.82, 2.24) is 0 Å². The summed E-state index contributed by atoms with van der Waals surface area (Å²) in [6.45, 7) is 0.638. The van der Waals surface area contributed by atoms with Crippen molar-refractivity contribution >= 4 is 20.2 Å². The molecule has 0 aromatic rings. The molecule has 19 heavy (non-hydrogen) atoms. The van der Waals surface area contributed by atoms with Crippen molar-refractivity contribution in [3.8, 4) is 0 Å². The van der Waals surface area contributed by atoms with Gasteiger partial charge < -0.3 is 13.8 Å². The molecule has 0 bridgehead atoms. The molecule has 0 unspecified atom stereocenters. The molecule has 7 nitrogen and oxygen atoms in total. The van der Waals surface area contributed by atoms with Gasteiger partial charge in [0.05, 0.1) is 20.2 Å². The van der Waals surface area contributed by atoms with Crippen molar-refractivity contribution in [2.24, 2.45) is 0 Å². The Morgan fingerprint density at radius 2 is 1.00 bits per heavy atom. The second kappa shape index (κ2) is 13.4. The second-order valence-electron chi connectivity index (χ2n) is 3.55. The van der Waals surface area contributed by atoms with E-state index >= 15 is 0 Å². The van der Waals surface area contributed by atoms with Gasteiger partial charge in [0.1, 0.15) is 0 Å². The minimum absolute atomic E-state index is 0. The Morgan fingerprint density at radius 1 is 0.684 bits per heavy atom. The van der Waals surface area contributed by atoms with Gasteiger partial charge >= 0.3 is 59.1 Å². The van der Waals surface area contributed by atoms with Crippen LogP contribution >= 0.6 is 0 Å². The number of rotatable bonds is 10. The molecule has 0 aliphatic carbocycles. The van der Waals surface area contributed by atoms with E-state index in [0.717, 1.165) is 0 Å². The SMILES string of the molecule is O=S(=O)([O-])CCCCOCCCCS(=O)(=O)[O-].[Na+].[Na+]. The molecular formula is C8H16Na2O7S2. The van der Waals surface area contributed by atoms with Gasteiger partial charge in [0.15, 0.2) is 0 Å². The van der Waals surface area contributed by atoms with Crippen LogP contribution in [0.3, 0.4) is 0 Å². The molecule has 0 spiro atoms. The van der Waals surface area contributed by atoms with Crippen LogP contribution < -0.4 is 59.1 Å². The first kappa shape index (κ1) is 25.7. The fourth-order valence-corrected chi connectivity index (χ4v) is 2.18. The van der Waals surface area contributed by atoms with E-state index in [-0.39, 0.29) is 72.0 Å². The summed E-state index contributed by atoms with van der Waals surface area (Å²) in [7, 11) is -8.30. The summed E-state index contributed by atoms with van der Waals surface area (Å²) in [5.41, 5.74) is 0. The number of hydrogen-bond acceptors (Lipinski definition) is 7. The Morgan fingerprint density at radius 3 is 1.26 bits per heavy atom. The second-order valence-corrected chi connectivity index (χ2v) is 6.60. The molecule has 0 rings (SSSR count). The summed E-state index contributed by atoms with van der Waals surface area (Å²) in [6, 6.07) is 0. The van der Waals surface area contributed by atoms with E-state index in [2.05, 4.69) is 0 Å². The van der Waals surface area contributed by atoms with E-state index in [1.165, 1.54) is 0 Å². The van der Waals surface area contributed by atoms with E-state index in [1.807, 2.05) is 0 Å². The van der Waals surface area contributed by atoms with Gasteiger partial charge in [0, 0.05) is 24.7 Å². The third kappa shape index (κ3) is 25.1. The van der Waals surface area contributed by atoms with Crippen LogP contribution in [0.5, 0.6) is 0 Å². The Bertz CT molecular complexity index is 355. The summed E-state index contributed by atoms with van der Waals surface area (Å²) in [5.74, 6) is -0.796. The summed E-state index contributed by atoms with van der Waals surface area (Å²) in [6.07, 6.45) is 1.42. The maximum atomic E-state index is 10.2. The predicted molar refractivity (Wildman–Crippen MR) is 58.4 cm³/mol. The minimum atomic E-state index is -4.15. The smallest absolute Gasteiger partial charge is 0.748 e. The molecule has 104 valence electrons. The molecular weight excluding hydrogens is 318 g/mol. The predicted octanol–water partition coefficient (Wildman–Crippen LogP) is -6.34.